The molecule has 6 nitrogen and oxygen atoms in total. The molecule has 0 aliphatic heterocycles. The van der Waals surface area contributed by atoms with Crippen molar-refractivity contribution in [1.82, 2.24) is 0 Å². The van der Waals surface area contributed by atoms with E-state index in [-0.39, 0.29) is 17.4 Å². The van der Waals surface area contributed by atoms with Gasteiger partial charge in [0.15, 0.2) is 0 Å². The van der Waals surface area contributed by atoms with Gasteiger partial charge in [-0.05, 0) is 59.4 Å². The Bertz CT molecular complexity index is 750. The third-order valence-electron chi connectivity index (χ3n) is 5.69. The van der Waals surface area contributed by atoms with Crippen molar-refractivity contribution in [2.45, 2.75) is 101 Å². The molecule has 0 fully saturated rings. The second-order valence-corrected chi connectivity index (χ2v) is 9.82. The standard InChI is InChI=1S/C13H18O2.C10H18O2.C6H12O2/c1-4-13(2,3)12(14)15-10-11-8-6-5-7-9-11;1-4-5-6-7-8-12-10(11)9(2)3;1-4-6(2,3)5(7)8/h5-9H,4,10H2,1-3H3;2,4-8H2,1,3H3;4H2,1-3H3,(H,7,8). The molecule has 0 bridgehead atoms. The third kappa shape index (κ3) is 17.5. The summed E-state index contributed by atoms with van der Waals surface area (Å²) in [7, 11) is 0. The van der Waals surface area contributed by atoms with Crippen molar-refractivity contribution in [2.24, 2.45) is 10.8 Å². The van der Waals surface area contributed by atoms with Crippen molar-refractivity contribution >= 4 is 17.9 Å². The molecule has 0 heterocycles. The van der Waals surface area contributed by atoms with Gasteiger partial charge in [-0.2, -0.15) is 0 Å². The van der Waals surface area contributed by atoms with Gasteiger partial charge >= 0.3 is 17.9 Å². The monoisotopic (exact) mass is 492 g/mol. The van der Waals surface area contributed by atoms with Crippen molar-refractivity contribution in [1.29, 1.82) is 0 Å². The number of hydrogen-bond acceptors (Lipinski definition) is 5. The van der Waals surface area contributed by atoms with E-state index in [1.54, 1.807) is 20.8 Å². The van der Waals surface area contributed by atoms with E-state index in [2.05, 4.69) is 13.5 Å². The van der Waals surface area contributed by atoms with Gasteiger partial charge in [0.25, 0.3) is 0 Å². The quantitative estimate of drug-likeness (QED) is 0.186. The van der Waals surface area contributed by atoms with Gasteiger partial charge in [-0.15, -0.1) is 0 Å². The average Bonchev–Trinajstić information content (AvgIpc) is 2.83. The molecular formula is C29H48O6. The zero-order valence-corrected chi connectivity index (χ0v) is 23.2. The van der Waals surface area contributed by atoms with E-state index in [1.807, 2.05) is 58.0 Å². The lowest BCUT2D eigenvalue weighted by atomic mass is 9.91. The number of carboxylic acids is 1. The number of ether oxygens (including phenoxy) is 2. The molecule has 0 atom stereocenters. The number of carboxylic acid groups (broad SMARTS) is 1. The normalized spacial score (nSPS) is 10.6. The molecule has 0 radical (unpaired) electrons. The van der Waals surface area contributed by atoms with Crippen LogP contribution in [0.3, 0.4) is 0 Å². The predicted octanol–water partition coefficient (Wildman–Crippen LogP) is 7.36. The van der Waals surface area contributed by atoms with Crippen molar-refractivity contribution in [2.75, 3.05) is 6.61 Å². The highest BCUT2D eigenvalue weighted by Crippen LogP contribution is 2.22. The average molecular weight is 493 g/mol. The number of benzene rings is 1. The second kappa shape index (κ2) is 18.7. The fraction of sp³-hybridized carbons (Fsp3) is 0.621. The SMILES string of the molecule is C=C(C)C(=O)OCCCCCC.CCC(C)(C)C(=O)O.CCC(C)(C)C(=O)OCc1ccccc1. The van der Waals surface area contributed by atoms with Crippen LogP contribution in [0.25, 0.3) is 0 Å². The summed E-state index contributed by atoms with van der Waals surface area (Å²) >= 11 is 0. The number of carbonyl (C=O) groups is 3. The number of rotatable bonds is 12. The zero-order valence-electron chi connectivity index (χ0n) is 23.2. The van der Waals surface area contributed by atoms with Gasteiger partial charge in [0.2, 0.25) is 0 Å². The van der Waals surface area contributed by atoms with Crippen molar-refractivity contribution in [3.05, 3.63) is 48.0 Å². The Hall–Kier alpha value is -2.63. The Labute approximate surface area is 213 Å². The van der Waals surface area contributed by atoms with Crippen LogP contribution in [-0.4, -0.2) is 29.6 Å². The second-order valence-electron chi connectivity index (χ2n) is 9.82. The lowest BCUT2D eigenvalue weighted by Gasteiger charge is -2.20. The number of carbonyl (C=O) groups excluding carboxylic acids is 2. The maximum Gasteiger partial charge on any atom is 0.333 e. The zero-order chi connectivity index (χ0) is 27.5. The Balaban J connectivity index is 0. The van der Waals surface area contributed by atoms with Crippen LogP contribution in [0, 0.1) is 10.8 Å². The summed E-state index contributed by atoms with van der Waals surface area (Å²) in [6.07, 6.45) is 5.99. The molecule has 0 amide bonds. The smallest absolute Gasteiger partial charge is 0.333 e. The molecule has 0 spiro atoms. The van der Waals surface area contributed by atoms with Crippen molar-refractivity contribution < 1.29 is 29.0 Å². The Morgan fingerprint density at radius 1 is 0.857 bits per heavy atom. The van der Waals surface area contributed by atoms with E-state index in [0.29, 0.717) is 25.2 Å². The van der Waals surface area contributed by atoms with Crippen LogP contribution in [0.4, 0.5) is 0 Å². The van der Waals surface area contributed by atoms with E-state index < -0.39 is 11.4 Å². The van der Waals surface area contributed by atoms with E-state index in [0.717, 1.165) is 24.8 Å². The first-order valence-corrected chi connectivity index (χ1v) is 12.5. The first-order valence-electron chi connectivity index (χ1n) is 12.5. The fourth-order valence-corrected chi connectivity index (χ4v) is 2.03. The van der Waals surface area contributed by atoms with Crippen molar-refractivity contribution in [3.8, 4) is 0 Å². The maximum absolute atomic E-state index is 11.6. The molecule has 0 aliphatic carbocycles. The van der Waals surface area contributed by atoms with Gasteiger partial charge in [0, 0.05) is 5.57 Å². The molecule has 0 saturated heterocycles. The van der Waals surface area contributed by atoms with Gasteiger partial charge in [0.05, 0.1) is 17.4 Å². The maximum atomic E-state index is 11.6. The predicted molar refractivity (Wildman–Crippen MR) is 142 cm³/mol. The molecule has 0 saturated carbocycles. The van der Waals surface area contributed by atoms with E-state index in [9.17, 15) is 14.4 Å². The first kappa shape index (κ1) is 34.5. The topological polar surface area (TPSA) is 89.9 Å². The van der Waals surface area contributed by atoms with Gasteiger partial charge in [-0.25, -0.2) is 4.79 Å². The van der Waals surface area contributed by atoms with Gasteiger partial charge in [-0.1, -0.05) is 76.9 Å². The molecule has 0 aliphatic rings. The fourth-order valence-electron chi connectivity index (χ4n) is 2.03. The van der Waals surface area contributed by atoms with Crippen LogP contribution in [0.15, 0.2) is 42.5 Å². The van der Waals surface area contributed by atoms with Crippen molar-refractivity contribution in [3.63, 3.8) is 0 Å². The highest BCUT2D eigenvalue weighted by Gasteiger charge is 2.26. The Morgan fingerprint density at radius 3 is 1.80 bits per heavy atom. The molecule has 1 N–H and O–H groups in total. The van der Waals surface area contributed by atoms with Gasteiger partial charge < -0.3 is 14.6 Å². The first-order chi connectivity index (χ1) is 16.2. The van der Waals surface area contributed by atoms with Crippen LogP contribution >= 0.6 is 0 Å². The molecule has 200 valence electrons. The number of unbranched alkanes of at least 4 members (excludes halogenated alkanes) is 3. The minimum absolute atomic E-state index is 0.131. The minimum atomic E-state index is -0.722. The summed E-state index contributed by atoms with van der Waals surface area (Å²) in [5.41, 5.74) is 0.581. The van der Waals surface area contributed by atoms with Gasteiger partial charge in [-0.3, -0.25) is 9.59 Å². The summed E-state index contributed by atoms with van der Waals surface area (Å²) in [6.45, 7) is 19.3. The highest BCUT2D eigenvalue weighted by atomic mass is 16.5. The molecule has 1 aromatic rings. The number of aliphatic carboxylic acids is 1. The van der Waals surface area contributed by atoms with Crippen LogP contribution < -0.4 is 0 Å². The lowest BCUT2D eigenvalue weighted by Crippen LogP contribution is -2.25. The van der Waals surface area contributed by atoms with Crippen LogP contribution in [0.1, 0.15) is 99.5 Å². The summed E-state index contributed by atoms with van der Waals surface area (Å²) in [4.78, 5) is 32.8. The molecule has 35 heavy (non-hydrogen) atoms. The van der Waals surface area contributed by atoms with E-state index in [4.69, 9.17) is 14.6 Å². The minimum Gasteiger partial charge on any atom is -0.481 e. The summed E-state index contributed by atoms with van der Waals surface area (Å²) in [6, 6.07) is 9.72. The Kier molecular flexibility index (Phi) is 18.4. The van der Waals surface area contributed by atoms with Gasteiger partial charge in [0.1, 0.15) is 6.61 Å². The van der Waals surface area contributed by atoms with E-state index in [1.165, 1.54) is 12.8 Å². The Morgan fingerprint density at radius 2 is 1.40 bits per heavy atom. The molecule has 0 aromatic heterocycles. The molecule has 1 rings (SSSR count). The highest BCUT2D eigenvalue weighted by molar-refractivity contribution is 5.86. The molecule has 0 unspecified atom stereocenters. The molecule has 1 aromatic carbocycles. The summed E-state index contributed by atoms with van der Waals surface area (Å²) in [5, 5.41) is 8.44. The number of hydrogen-bond donors (Lipinski definition) is 1. The van der Waals surface area contributed by atoms with E-state index >= 15 is 0 Å². The largest absolute Gasteiger partial charge is 0.481 e. The molecule has 6 heteroatoms. The van der Waals surface area contributed by atoms with Crippen LogP contribution in [-0.2, 0) is 30.5 Å². The number of esters is 2. The van der Waals surface area contributed by atoms with Crippen LogP contribution in [0.5, 0.6) is 0 Å². The molecular weight excluding hydrogens is 444 g/mol. The summed E-state index contributed by atoms with van der Waals surface area (Å²) in [5.74, 6) is -1.12. The lowest BCUT2D eigenvalue weighted by molar-refractivity contribution is -0.155. The summed E-state index contributed by atoms with van der Waals surface area (Å²) < 4.78 is 10.2. The van der Waals surface area contributed by atoms with Crippen LogP contribution in [0.2, 0.25) is 0 Å². The third-order valence-corrected chi connectivity index (χ3v) is 5.69.